The summed E-state index contributed by atoms with van der Waals surface area (Å²) >= 11 is 0. The maximum atomic E-state index is 6.15. The standard InChI is InChI=1S/C18H20N6O/c1-25-15-6-2-5-13(17(15)19)18-21-16(22-23-18)11-24-9-3-4-12-7-8-20-10-14(12)24/h2,5-8,10H,3-4,9,11,19H2,1H3,(H,21,22,23). The van der Waals surface area contributed by atoms with Gasteiger partial charge in [-0.05, 0) is 36.6 Å². The van der Waals surface area contributed by atoms with Crippen LogP contribution in [0.15, 0.2) is 36.7 Å². The van der Waals surface area contributed by atoms with Crippen molar-refractivity contribution in [2.75, 3.05) is 24.3 Å². The number of methoxy groups -OCH3 is 1. The van der Waals surface area contributed by atoms with Crippen molar-refractivity contribution in [3.8, 4) is 17.1 Å². The van der Waals surface area contributed by atoms with Gasteiger partial charge in [-0.25, -0.2) is 4.98 Å². The molecule has 0 bridgehead atoms. The third-order valence-corrected chi connectivity index (χ3v) is 4.50. The maximum Gasteiger partial charge on any atom is 0.183 e. The molecule has 0 amide bonds. The number of aromatic nitrogens is 4. The smallest absolute Gasteiger partial charge is 0.183 e. The topological polar surface area (TPSA) is 93.0 Å². The molecule has 3 heterocycles. The zero-order valence-electron chi connectivity index (χ0n) is 14.1. The quantitative estimate of drug-likeness (QED) is 0.711. The van der Waals surface area contributed by atoms with Gasteiger partial charge in [0.1, 0.15) is 11.6 Å². The lowest BCUT2D eigenvalue weighted by molar-refractivity contribution is 0.417. The molecule has 4 rings (SSSR count). The van der Waals surface area contributed by atoms with Gasteiger partial charge < -0.3 is 15.4 Å². The van der Waals surface area contributed by atoms with Crippen LogP contribution in [0.2, 0.25) is 0 Å². The molecule has 0 saturated heterocycles. The number of aryl methyl sites for hydroxylation is 1. The van der Waals surface area contributed by atoms with Gasteiger partial charge in [0.2, 0.25) is 0 Å². The fraction of sp³-hybridized carbons (Fsp3) is 0.278. The molecule has 3 aromatic rings. The van der Waals surface area contributed by atoms with E-state index >= 15 is 0 Å². The Hall–Kier alpha value is -3.09. The number of anilines is 2. The van der Waals surface area contributed by atoms with Crippen molar-refractivity contribution < 1.29 is 4.74 Å². The van der Waals surface area contributed by atoms with Gasteiger partial charge in [-0.3, -0.25) is 10.1 Å². The Kier molecular flexibility index (Phi) is 3.97. The van der Waals surface area contributed by atoms with E-state index in [2.05, 4.69) is 31.1 Å². The number of benzene rings is 1. The van der Waals surface area contributed by atoms with Crippen LogP contribution in [-0.4, -0.2) is 33.8 Å². The van der Waals surface area contributed by atoms with Crippen LogP contribution in [0, 0.1) is 0 Å². The number of nitrogens with two attached hydrogens (primary N) is 1. The molecule has 0 saturated carbocycles. The Bertz CT molecular complexity index is 891. The van der Waals surface area contributed by atoms with Crippen molar-refractivity contribution in [1.29, 1.82) is 0 Å². The van der Waals surface area contributed by atoms with Gasteiger partial charge in [0, 0.05) is 18.3 Å². The molecule has 0 spiro atoms. The zero-order chi connectivity index (χ0) is 17.2. The first-order valence-corrected chi connectivity index (χ1v) is 8.28. The molecule has 1 aromatic carbocycles. The third-order valence-electron chi connectivity index (χ3n) is 4.50. The van der Waals surface area contributed by atoms with Crippen molar-refractivity contribution in [3.63, 3.8) is 0 Å². The van der Waals surface area contributed by atoms with Gasteiger partial charge in [-0.2, -0.15) is 5.10 Å². The van der Waals surface area contributed by atoms with E-state index in [0.29, 0.717) is 23.8 Å². The number of rotatable bonds is 4. The molecule has 0 atom stereocenters. The molecule has 1 aliphatic heterocycles. The van der Waals surface area contributed by atoms with Gasteiger partial charge >= 0.3 is 0 Å². The highest BCUT2D eigenvalue weighted by Gasteiger charge is 2.19. The summed E-state index contributed by atoms with van der Waals surface area (Å²) < 4.78 is 5.27. The number of hydrogen-bond acceptors (Lipinski definition) is 6. The summed E-state index contributed by atoms with van der Waals surface area (Å²) in [4.78, 5) is 11.2. The van der Waals surface area contributed by atoms with Crippen LogP contribution < -0.4 is 15.4 Å². The highest BCUT2D eigenvalue weighted by atomic mass is 16.5. The minimum Gasteiger partial charge on any atom is -0.495 e. The molecular weight excluding hydrogens is 316 g/mol. The van der Waals surface area contributed by atoms with E-state index in [0.717, 1.165) is 30.8 Å². The van der Waals surface area contributed by atoms with Crippen LogP contribution in [-0.2, 0) is 13.0 Å². The second-order valence-corrected chi connectivity index (χ2v) is 6.06. The Morgan fingerprint density at radius 3 is 3.12 bits per heavy atom. The van der Waals surface area contributed by atoms with E-state index in [9.17, 15) is 0 Å². The van der Waals surface area contributed by atoms with E-state index in [1.54, 1.807) is 7.11 Å². The average Bonchev–Trinajstić information content (AvgIpc) is 3.10. The maximum absolute atomic E-state index is 6.15. The number of nitrogens with one attached hydrogen (secondary N) is 1. The first kappa shape index (κ1) is 15.4. The van der Waals surface area contributed by atoms with Crippen molar-refractivity contribution in [3.05, 3.63) is 48.0 Å². The highest BCUT2D eigenvalue weighted by Crippen LogP contribution is 2.31. The average molecular weight is 336 g/mol. The number of aromatic amines is 1. The molecular formula is C18H20N6O. The summed E-state index contributed by atoms with van der Waals surface area (Å²) in [5.41, 5.74) is 9.96. The van der Waals surface area contributed by atoms with E-state index in [-0.39, 0.29) is 0 Å². The fourth-order valence-electron chi connectivity index (χ4n) is 3.24. The second kappa shape index (κ2) is 6.43. The Labute approximate surface area is 145 Å². The predicted octanol–water partition coefficient (Wildman–Crippen LogP) is 2.41. The zero-order valence-corrected chi connectivity index (χ0v) is 14.1. The normalized spacial score (nSPS) is 13.6. The van der Waals surface area contributed by atoms with Crippen LogP contribution in [0.4, 0.5) is 11.4 Å². The van der Waals surface area contributed by atoms with Crippen LogP contribution in [0.5, 0.6) is 5.75 Å². The summed E-state index contributed by atoms with van der Waals surface area (Å²) in [5, 5.41) is 7.36. The molecule has 0 aliphatic carbocycles. The van der Waals surface area contributed by atoms with E-state index in [1.165, 1.54) is 11.3 Å². The summed E-state index contributed by atoms with van der Waals surface area (Å²) in [6.07, 6.45) is 5.99. The molecule has 7 nitrogen and oxygen atoms in total. The molecule has 0 fully saturated rings. The van der Waals surface area contributed by atoms with Crippen molar-refractivity contribution in [1.82, 2.24) is 20.2 Å². The monoisotopic (exact) mass is 336 g/mol. The predicted molar refractivity (Wildman–Crippen MR) is 96.4 cm³/mol. The number of H-pyrrole nitrogens is 1. The van der Waals surface area contributed by atoms with Crippen molar-refractivity contribution in [2.24, 2.45) is 0 Å². The van der Waals surface area contributed by atoms with E-state index in [4.69, 9.17) is 10.5 Å². The molecule has 0 radical (unpaired) electrons. The third kappa shape index (κ3) is 2.88. The van der Waals surface area contributed by atoms with Crippen LogP contribution in [0.25, 0.3) is 11.4 Å². The van der Waals surface area contributed by atoms with Crippen LogP contribution in [0.1, 0.15) is 17.8 Å². The number of fused-ring (bicyclic) bond motifs is 1. The lowest BCUT2D eigenvalue weighted by Crippen LogP contribution is -2.29. The van der Waals surface area contributed by atoms with Gasteiger partial charge in [-0.1, -0.05) is 6.07 Å². The molecule has 7 heteroatoms. The van der Waals surface area contributed by atoms with E-state index in [1.807, 2.05) is 30.6 Å². The summed E-state index contributed by atoms with van der Waals surface area (Å²) in [6.45, 7) is 1.64. The largest absolute Gasteiger partial charge is 0.495 e. The molecule has 3 N–H and O–H groups in total. The molecule has 2 aromatic heterocycles. The minimum absolute atomic E-state index is 0.545. The van der Waals surface area contributed by atoms with Crippen LogP contribution in [0.3, 0.4) is 0 Å². The van der Waals surface area contributed by atoms with E-state index < -0.39 is 0 Å². The summed E-state index contributed by atoms with van der Waals surface area (Å²) in [5.74, 6) is 2.00. The molecule has 0 unspecified atom stereocenters. The number of hydrogen-bond donors (Lipinski definition) is 2. The second-order valence-electron chi connectivity index (χ2n) is 6.06. The van der Waals surface area contributed by atoms with Gasteiger partial charge in [0.05, 0.1) is 31.2 Å². The van der Waals surface area contributed by atoms with Gasteiger partial charge in [0.25, 0.3) is 0 Å². The van der Waals surface area contributed by atoms with Crippen molar-refractivity contribution in [2.45, 2.75) is 19.4 Å². The minimum atomic E-state index is 0.545. The number of nitrogens with zero attached hydrogens (tertiary/aromatic N) is 4. The Morgan fingerprint density at radius 2 is 2.24 bits per heavy atom. The Balaban J connectivity index is 1.59. The molecule has 1 aliphatic rings. The lowest BCUT2D eigenvalue weighted by Gasteiger charge is -2.29. The Morgan fingerprint density at radius 1 is 1.32 bits per heavy atom. The number of nitrogen functional groups attached to an aromatic ring is 1. The summed E-state index contributed by atoms with van der Waals surface area (Å²) in [7, 11) is 1.60. The van der Waals surface area contributed by atoms with Gasteiger partial charge in [-0.15, -0.1) is 0 Å². The SMILES string of the molecule is COc1cccc(-c2n[nH]c(CN3CCCc4ccncc43)n2)c1N. The number of ether oxygens (including phenoxy) is 1. The molecule has 25 heavy (non-hydrogen) atoms. The first-order chi connectivity index (χ1) is 12.3. The highest BCUT2D eigenvalue weighted by molar-refractivity contribution is 5.76. The number of pyridine rings is 1. The summed E-state index contributed by atoms with van der Waals surface area (Å²) in [6, 6.07) is 7.69. The number of para-hydroxylation sites is 1. The fourth-order valence-corrected chi connectivity index (χ4v) is 3.24. The molecule has 128 valence electrons. The lowest BCUT2D eigenvalue weighted by atomic mass is 10.0. The van der Waals surface area contributed by atoms with Crippen molar-refractivity contribution >= 4 is 11.4 Å². The van der Waals surface area contributed by atoms with Crippen LogP contribution >= 0.6 is 0 Å². The van der Waals surface area contributed by atoms with Gasteiger partial charge in [0.15, 0.2) is 5.82 Å². The first-order valence-electron chi connectivity index (χ1n) is 8.28.